The van der Waals surface area contributed by atoms with Crippen LogP contribution in [0.2, 0.25) is 0 Å². The number of para-hydroxylation sites is 2. The topological polar surface area (TPSA) is 45.7 Å². The van der Waals surface area contributed by atoms with Crippen LogP contribution in [0.5, 0.6) is 0 Å². The summed E-state index contributed by atoms with van der Waals surface area (Å²) >= 11 is 0. The maximum absolute atomic E-state index is 8.79. The highest BCUT2D eigenvalue weighted by Gasteiger charge is 2.21. The average Bonchev–Trinajstić information content (AvgIpc) is 3.84. The van der Waals surface area contributed by atoms with Crippen LogP contribution in [0.3, 0.4) is 0 Å². The van der Waals surface area contributed by atoms with E-state index in [2.05, 4.69) is 203 Å². The van der Waals surface area contributed by atoms with Crippen LogP contribution in [0.25, 0.3) is 55.2 Å². The molecule has 0 atom stereocenters. The van der Waals surface area contributed by atoms with Crippen molar-refractivity contribution in [3.8, 4) is 22.5 Å². The van der Waals surface area contributed by atoms with Gasteiger partial charge in [0.15, 0.2) is 0 Å². The van der Waals surface area contributed by atoms with Gasteiger partial charge >= 0.3 is 0 Å². The molecule has 266 valence electrons. The van der Waals surface area contributed by atoms with E-state index in [0.717, 1.165) is 55.7 Å². The van der Waals surface area contributed by atoms with Gasteiger partial charge in [-0.25, -0.2) is 0 Å². The molecule has 0 saturated heterocycles. The summed E-state index contributed by atoms with van der Waals surface area (Å²) in [4.78, 5) is 0. The zero-order chi connectivity index (χ0) is 37.4. The first-order chi connectivity index (χ1) is 27.7. The second-order valence-electron chi connectivity index (χ2n) is 13.9. The van der Waals surface area contributed by atoms with Gasteiger partial charge in [0, 0.05) is 56.9 Å². The lowest BCUT2D eigenvalue weighted by atomic mass is 10.0. The van der Waals surface area contributed by atoms with Crippen molar-refractivity contribution < 1.29 is 0 Å². The molecule has 8 aromatic carbocycles. The smallest absolute Gasteiger partial charge is 0.0649 e. The lowest BCUT2D eigenvalue weighted by molar-refractivity contribution is 1.13. The van der Waals surface area contributed by atoms with Crippen LogP contribution in [0.15, 0.2) is 206 Å². The third-order valence-electron chi connectivity index (χ3n) is 10.6. The summed E-state index contributed by atoms with van der Waals surface area (Å²) in [5.41, 5.74) is 10.5. The second-order valence-corrected chi connectivity index (χ2v) is 16.2. The van der Waals surface area contributed by atoms with E-state index in [1.165, 1.54) is 38.6 Å². The molecule has 2 N–H and O–H groups in total. The number of rotatable bonds is 9. The molecule has 0 radical (unpaired) electrons. The third-order valence-corrected chi connectivity index (χ3v) is 13.1. The van der Waals surface area contributed by atoms with Crippen molar-refractivity contribution >= 4 is 74.1 Å². The number of anilines is 2. The lowest BCUT2D eigenvalue weighted by Crippen LogP contribution is -2.20. The summed E-state index contributed by atoms with van der Waals surface area (Å²) in [6.45, 7) is 0. The molecule has 2 heterocycles. The van der Waals surface area contributed by atoms with Crippen LogP contribution in [-0.2, 0) is 0 Å². The van der Waals surface area contributed by atoms with Gasteiger partial charge in [0.1, 0.15) is 0 Å². The fourth-order valence-corrected chi connectivity index (χ4v) is 10.3. The van der Waals surface area contributed by atoms with E-state index in [4.69, 9.17) is 5.41 Å². The minimum atomic E-state index is -0.740. The van der Waals surface area contributed by atoms with Gasteiger partial charge in [-0.3, -0.25) is 0 Å². The van der Waals surface area contributed by atoms with E-state index in [1.54, 1.807) is 0 Å². The molecule has 0 amide bonds. The molecule has 0 bridgehead atoms. The molecule has 0 aliphatic heterocycles. The van der Waals surface area contributed by atoms with Gasteiger partial charge in [-0.1, -0.05) is 127 Å². The maximum atomic E-state index is 8.79. The number of nitrogens with zero attached hydrogens (tertiary/aromatic N) is 2. The zero-order valence-electron chi connectivity index (χ0n) is 30.5. The number of hydrogen-bond acceptors (Lipinski definition) is 2. The molecule has 56 heavy (non-hydrogen) atoms. The second kappa shape index (κ2) is 14.3. The molecule has 0 fully saturated rings. The molecule has 0 unspecified atom stereocenters. The van der Waals surface area contributed by atoms with Crippen molar-refractivity contribution in [1.82, 2.24) is 9.13 Å². The molecular formula is C51H37N4P. The Kier molecular flexibility index (Phi) is 8.59. The summed E-state index contributed by atoms with van der Waals surface area (Å²) in [6.07, 6.45) is 3.64. The maximum Gasteiger partial charge on any atom is 0.0649 e. The quantitative estimate of drug-likeness (QED) is 0.112. The van der Waals surface area contributed by atoms with Crippen molar-refractivity contribution in [2.75, 3.05) is 5.32 Å². The van der Waals surface area contributed by atoms with Crippen molar-refractivity contribution in [2.45, 2.75) is 0 Å². The van der Waals surface area contributed by atoms with Gasteiger partial charge < -0.3 is 19.9 Å². The average molecular weight is 737 g/mol. The van der Waals surface area contributed by atoms with Crippen LogP contribution >= 0.6 is 7.92 Å². The predicted octanol–water partition coefficient (Wildman–Crippen LogP) is 11.9. The highest BCUT2D eigenvalue weighted by molar-refractivity contribution is 7.79. The summed E-state index contributed by atoms with van der Waals surface area (Å²) in [5.74, 6) is 0. The van der Waals surface area contributed by atoms with Crippen molar-refractivity contribution in [3.63, 3.8) is 0 Å². The van der Waals surface area contributed by atoms with Crippen LogP contribution < -0.4 is 21.2 Å². The molecule has 4 nitrogen and oxygen atoms in total. The minimum Gasteiger partial charge on any atom is -0.355 e. The van der Waals surface area contributed by atoms with E-state index in [0.29, 0.717) is 0 Å². The molecule has 0 saturated carbocycles. The summed E-state index contributed by atoms with van der Waals surface area (Å²) in [6, 6.07) is 71.5. The van der Waals surface area contributed by atoms with Crippen LogP contribution in [-0.4, -0.2) is 15.3 Å². The Labute approximate surface area is 327 Å². The molecule has 10 aromatic rings. The Bertz CT molecular complexity index is 2950. The van der Waals surface area contributed by atoms with Gasteiger partial charge in [0.2, 0.25) is 0 Å². The van der Waals surface area contributed by atoms with Gasteiger partial charge in [0.05, 0.1) is 16.6 Å². The Morgan fingerprint density at radius 1 is 0.482 bits per heavy atom. The monoisotopic (exact) mass is 736 g/mol. The van der Waals surface area contributed by atoms with Gasteiger partial charge in [0.25, 0.3) is 0 Å². The van der Waals surface area contributed by atoms with Gasteiger partial charge in [-0.2, -0.15) is 0 Å². The Morgan fingerprint density at radius 2 is 1.07 bits per heavy atom. The fraction of sp³-hybridized carbons (Fsp3) is 0. The van der Waals surface area contributed by atoms with E-state index >= 15 is 0 Å². The molecule has 5 heteroatoms. The van der Waals surface area contributed by atoms with Crippen LogP contribution in [0, 0.1) is 5.41 Å². The first-order valence-electron chi connectivity index (χ1n) is 18.8. The van der Waals surface area contributed by atoms with E-state index < -0.39 is 7.92 Å². The molecule has 0 spiro atoms. The molecule has 0 aliphatic carbocycles. The van der Waals surface area contributed by atoms with E-state index in [1.807, 2.05) is 18.2 Å². The fourth-order valence-electron chi connectivity index (χ4n) is 8.00. The number of fused-ring (bicyclic) bond motifs is 4. The Hall–Kier alpha value is -7.00. The normalized spacial score (nSPS) is 11.4. The van der Waals surface area contributed by atoms with Crippen molar-refractivity contribution in [3.05, 3.63) is 212 Å². The molecule has 0 aliphatic rings. The standard InChI is InChI=1S/C51H37N4P/c52-35-47-48(53-39-13-5-1-6-14-39)28-27-45-46-34-37(36-21-29-49-38(33-36)31-32-54(49)40-15-7-2-8-16-40)22-30-50(46)55(51(45)47)41-23-25-44(26-24-41)56(42-17-9-3-10-18-42)43-19-11-4-12-20-43/h1-35,52-53H. The third kappa shape index (κ3) is 5.98. The first-order valence-corrected chi connectivity index (χ1v) is 20.2. The number of nitrogens with one attached hydrogen (secondary N) is 2. The predicted molar refractivity (Wildman–Crippen MR) is 239 cm³/mol. The number of benzene rings is 8. The summed E-state index contributed by atoms with van der Waals surface area (Å²) in [5, 5.41) is 19.8. The molecule has 10 rings (SSSR count). The van der Waals surface area contributed by atoms with Crippen LogP contribution in [0.4, 0.5) is 11.4 Å². The van der Waals surface area contributed by atoms with E-state index in [-0.39, 0.29) is 0 Å². The minimum absolute atomic E-state index is 0.740. The van der Waals surface area contributed by atoms with Crippen molar-refractivity contribution in [1.29, 1.82) is 5.41 Å². The highest BCUT2D eigenvalue weighted by Crippen LogP contribution is 2.40. The van der Waals surface area contributed by atoms with Crippen molar-refractivity contribution in [2.24, 2.45) is 0 Å². The Balaban J connectivity index is 1.13. The van der Waals surface area contributed by atoms with Crippen LogP contribution in [0.1, 0.15) is 5.56 Å². The molecule has 2 aromatic heterocycles. The number of hydrogen-bond donors (Lipinski definition) is 2. The van der Waals surface area contributed by atoms with Gasteiger partial charge in [-0.15, -0.1) is 0 Å². The zero-order valence-corrected chi connectivity index (χ0v) is 31.4. The Morgan fingerprint density at radius 3 is 1.73 bits per heavy atom. The number of aromatic nitrogens is 2. The summed E-state index contributed by atoms with van der Waals surface area (Å²) < 4.78 is 4.58. The molecular weight excluding hydrogens is 700 g/mol. The highest BCUT2D eigenvalue weighted by atomic mass is 31.1. The summed E-state index contributed by atoms with van der Waals surface area (Å²) in [7, 11) is -0.740. The van der Waals surface area contributed by atoms with Gasteiger partial charge in [-0.05, 0) is 108 Å². The largest absolute Gasteiger partial charge is 0.355 e. The lowest BCUT2D eigenvalue weighted by Gasteiger charge is -2.20. The first kappa shape index (κ1) is 33.6. The SMILES string of the molecule is N=Cc1c(Nc2ccccc2)ccc2c3cc(-c4ccc5c(ccn5-c5ccccc5)c4)ccc3n(-c3ccc(P(c4ccccc4)c4ccccc4)cc3)c12. The van der Waals surface area contributed by atoms with E-state index in [9.17, 15) is 0 Å².